The maximum atomic E-state index is 13.8. The van der Waals surface area contributed by atoms with E-state index in [9.17, 15) is 18.0 Å². The molecule has 13 rings (SSSR count). The molecule has 2 unspecified atom stereocenters. The van der Waals surface area contributed by atoms with Gasteiger partial charge >= 0.3 is 0 Å². The molecule has 8 heterocycles. The minimum atomic E-state index is -3.94. The number of aromatic nitrogens is 10. The summed E-state index contributed by atoms with van der Waals surface area (Å²) in [7, 11) is 0.191. The van der Waals surface area contributed by atoms with Crippen molar-refractivity contribution >= 4 is 106 Å². The van der Waals surface area contributed by atoms with Crippen molar-refractivity contribution in [1.82, 2.24) is 68.1 Å². The number of aryl methyl sites for hydroxylation is 3. The number of aromatic amines is 1. The van der Waals surface area contributed by atoms with Crippen LogP contribution in [0.2, 0.25) is 0 Å². The number of amides is 2. The summed E-state index contributed by atoms with van der Waals surface area (Å²) in [6.07, 6.45) is 14.2. The van der Waals surface area contributed by atoms with Crippen molar-refractivity contribution in [2.24, 2.45) is 0 Å². The van der Waals surface area contributed by atoms with E-state index in [-0.39, 0.29) is 73.4 Å². The smallest absolute Gasteiger partial charge is 0.269 e. The number of carbonyl (C=O) groups excluding carboxylic acids is 2. The van der Waals surface area contributed by atoms with E-state index in [2.05, 4.69) is 102 Å². The second-order valence-corrected chi connectivity index (χ2v) is 23.7. The summed E-state index contributed by atoms with van der Waals surface area (Å²) in [6, 6.07) is 26.7. The Labute approximate surface area is 502 Å². The van der Waals surface area contributed by atoms with Gasteiger partial charge in [0.05, 0.1) is 51.5 Å². The predicted octanol–water partition coefficient (Wildman–Crippen LogP) is 7.91. The fourth-order valence-corrected chi connectivity index (χ4v) is 12.6. The van der Waals surface area contributed by atoms with Crippen molar-refractivity contribution in [3.63, 3.8) is 0 Å². The molecule has 440 valence electrons. The Morgan fingerprint density at radius 3 is 1.62 bits per heavy atom. The summed E-state index contributed by atoms with van der Waals surface area (Å²) >= 11 is 0. The lowest BCUT2D eigenvalue weighted by Gasteiger charge is -2.33. The van der Waals surface area contributed by atoms with Crippen molar-refractivity contribution in [1.29, 1.82) is 0 Å². The normalized spacial score (nSPS) is 17.7. The number of piperazine rings is 2. The molecule has 4 aliphatic rings. The van der Waals surface area contributed by atoms with Gasteiger partial charge in [0, 0.05) is 77.1 Å². The van der Waals surface area contributed by atoms with Crippen LogP contribution in [-0.4, -0.2) is 155 Å². The van der Waals surface area contributed by atoms with E-state index in [0.717, 1.165) is 93.1 Å². The van der Waals surface area contributed by atoms with Crippen molar-refractivity contribution in [3.05, 3.63) is 150 Å². The molecule has 2 amide bonds. The van der Waals surface area contributed by atoms with Gasteiger partial charge in [-0.15, -0.1) is 0 Å². The molecule has 6 aromatic heterocycles. The van der Waals surface area contributed by atoms with Crippen molar-refractivity contribution in [2.75, 3.05) is 87.7 Å². The zero-order chi connectivity index (χ0) is 56.6. The summed E-state index contributed by atoms with van der Waals surface area (Å²) < 4.78 is 32.1. The zero-order valence-corrected chi connectivity index (χ0v) is 50.5. The highest BCUT2D eigenvalue weighted by atomic mass is 32.2. The summed E-state index contributed by atoms with van der Waals surface area (Å²) in [5.74, 6) is 2.09. The number of nitrogens with one attached hydrogen (secondary N) is 5. The number of fused-ring (bicyclic) bond motifs is 4. The second kappa shape index (κ2) is 25.1. The van der Waals surface area contributed by atoms with Crippen LogP contribution < -0.4 is 21.3 Å². The van der Waals surface area contributed by atoms with Crippen LogP contribution in [0, 0.1) is 6.92 Å². The van der Waals surface area contributed by atoms with Crippen LogP contribution in [0.15, 0.2) is 127 Å². The quantitative estimate of drug-likeness (QED) is 0.0695. The third-order valence-corrected chi connectivity index (χ3v) is 17.9. The number of anilines is 6. The van der Waals surface area contributed by atoms with E-state index < -0.39 is 16.1 Å². The third kappa shape index (κ3) is 12.3. The monoisotopic (exact) mass is 1190 g/mol. The van der Waals surface area contributed by atoms with Crippen LogP contribution in [0.25, 0.3) is 22.1 Å². The Morgan fingerprint density at radius 1 is 0.607 bits per heavy atom. The molecule has 4 atom stereocenters. The number of benzene rings is 3. The largest absolute Gasteiger partial charge is 0.363 e. The lowest BCUT2D eigenvalue weighted by molar-refractivity contribution is -0.136. The first-order valence-corrected chi connectivity index (χ1v) is 29.5. The Bertz CT molecular complexity index is 3900. The molecule has 2 aliphatic heterocycles. The fourth-order valence-electron chi connectivity index (χ4n) is 11.3. The molecule has 5 N–H and O–H groups in total. The van der Waals surface area contributed by atoms with Gasteiger partial charge < -0.3 is 45.9 Å². The third-order valence-electron chi connectivity index (χ3n) is 16.2. The standard InChI is InChI=1S/C33H37N9O3S.C26H31N9O.2H2S/c1-22-8-11-26(12-9-22)46(44,45)42-15-14-28-30(36-29-13-10-24-6-4-5-7-27(24)29)37-33(38-31(28)42)35-25-20-34-41(21-25)23(2)32(43)40-18-16-39(3)17-19-40;1-17(25(36)34-13-11-33(2)12-14-34)35-16-19(15-28-35)29-26-31-23-21(9-10-27-23)24(32-26)30-22-8-7-18-5-3-4-6-20(18)22;;/h4-9,11-12,14-15,20-21,23,29H,10,13,16-19H2,1-3H3,(H2,35,36,37,38);3-6,9-10,15-17,22H,7-8,11-14H2,1-2H3,(H3,27,29,30,31,32);2*1H2/t23?,29-;17?,22-;;/m00../s1. The summed E-state index contributed by atoms with van der Waals surface area (Å²) in [6.45, 7) is 12.0. The molecule has 2 fully saturated rings. The van der Waals surface area contributed by atoms with E-state index in [0.29, 0.717) is 35.9 Å². The van der Waals surface area contributed by atoms with Gasteiger partial charge in [-0.05, 0) is 107 Å². The number of likely N-dealkylation sites (N-methyl/N-ethyl adjacent to an activating group) is 2. The van der Waals surface area contributed by atoms with E-state index in [4.69, 9.17) is 15.0 Å². The molecule has 22 nitrogen and oxygen atoms in total. The lowest BCUT2D eigenvalue weighted by Crippen LogP contribution is -2.49. The molecular weight excluding hydrogens is 1120 g/mol. The minimum absolute atomic E-state index is 0. The molecule has 9 aromatic rings. The zero-order valence-electron chi connectivity index (χ0n) is 47.7. The second-order valence-electron chi connectivity index (χ2n) is 21.8. The van der Waals surface area contributed by atoms with Gasteiger partial charge in [0.2, 0.25) is 23.7 Å². The molecule has 0 spiro atoms. The van der Waals surface area contributed by atoms with Crippen molar-refractivity contribution < 1.29 is 18.0 Å². The average Bonchev–Trinajstić information content (AvgIpc) is 2.92. The lowest BCUT2D eigenvalue weighted by atomic mass is 10.1. The van der Waals surface area contributed by atoms with E-state index in [1.54, 1.807) is 58.3 Å². The summed E-state index contributed by atoms with van der Waals surface area (Å²) in [4.78, 5) is 56.7. The molecule has 25 heteroatoms. The van der Waals surface area contributed by atoms with Gasteiger partial charge in [-0.25, -0.2) is 12.4 Å². The number of carbonyl (C=O) groups is 2. The van der Waals surface area contributed by atoms with Gasteiger partial charge in [0.15, 0.2) is 5.65 Å². The van der Waals surface area contributed by atoms with Gasteiger partial charge in [-0.1, -0.05) is 66.2 Å². The van der Waals surface area contributed by atoms with Gasteiger partial charge in [0.1, 0.15) is 29.4 Å². The van der Waals surface area contributed by atoms with E-state index in [1.807, 2.05) is 61.2 Å². The molecule has 84 heavy (non-hydrogen) atoms. The molecule has 0 saturated carbocycles. The van der Waals surface area contributed by atoms with Gasteiger partial charge in [-0.3, -0.25) is 19.0 Å². The number of hydrogen-bond donors (Lipinski definition) is 5. The molecule has 2 aliphatic carbocycles. The van der Waals surface area contributed by atoms with Crippen LogP contribution in [-0.2, 0) is 32.5 Å². The Kier molecular flexibility index (Phi) is 17.7. The first kappa shape index (κ1) is 59.2. The van der Waals surface area contributed by atoms with Crippen LogP contribution in [0.4, 0.5) is 34.9 Å². The molecule has 0 bridgehead atoms. The highest BCUT2D eigenvalue weighted by Gasteiger charge is 2.30. The fraction of sp³-hybridized carbons (Fsp3) is 0.356. The predicted molar refractivity (Wildman–Crippen MR) is 337 cm³/mol. The first-order chi connectivity index (χ1) is 39.7. The summed E-state index contributed by atoms with van der Waals surface area (Å²) in [5, 5.41) is 24.1. The number of H-pyrrole nitrogens is 1. The average molecular weight is 1190 g/mol. The topological polar surface area (TPSA) is 237 Å². The van der Waals surface area contributed by atoms with Crippen LogP contribution in [0.5, 0.6) is 0 Å². The molecule has 0 radical (unpaired) electrons. The molecule has 2 saturated heterocycles. The summed E-state index contributed by atoms with van der Waals surface area (Å²) in [5.41, 5.74) is 8.49. The van der Waals surface area contributed by atoms with Crippen molar-refractivity contribution in [2.45, 2.75) is 75.5 Å². The number of hydrogen-bond acceptors (Lipinski definition) is 16. The maximum absolute atomic E-state index is 13.8. The SMILES string of the molecule is CC(C(=O)N1CCN(C)CC1)n1cc(Nc2nc(N[C@H]3CCc4ccccc43)c3cc[nH]c3n2)cn1.Cc1ccc(S(=O)(=O)n2ccc3c(N[C@H]4CCc5ccccc54)nc(Nc4cnn(C(C)C(=O)N5CCN(C)CC5)c4)nc32)cc1.S.S. The Morgan fingerprint density at radius 2 is 1.10 bits per heavy atom. The first-order valence-electron chi connectivity index (χ1n) is 28.0. The Hall–Kier alpha value is -7.97. The number of nitrogens with zero attached hydrogens (tertiary/aromatic N) is 13. The van der Waals surface area contributed by atoms with Crippen LogP contribution in [0.3, 0.4) is 0 Å². The van der Waals surface area contributed by atoms with Gasteiger partial charge in [-0.2, -0.15) is 57.1 Å². The van der Waals surface area contributed by atoms with Crippen LogP contribution >= 0.6 is 27.0 Å². The van der Waals surface area contributed by atoms with Crippen molar-refractivity contribution in [3.8, 4) is 0 Å². The minimum Gasteiger partial charge on any atom is -0.363 e. The highest BCUT2D eigenvalue weighted by molar-refractivity contribution is 7.90. The Balaban J connectivity index is 0.000000188. The van der Waals surface area contributed by atoms with E-state index >= 15 is 0 Å². The van der Waals surface area contributed by atoms with Gasteiger partial charge in [0.25, 0.3) is 10.0 Å². The molecule has 3 aromatic carbocycles. The number of rotatable bonds is 14. The highest BCUT2D eigenvalue weighted by Crippen LogP contribution is 2.38. The maximum Gasteiger partial charge on any atom is 0.269 e. The van der Waals surface area contributed by atoms with Crippen LogP contribution in [0.1, 0.15) is 78.7 Å². The molecular formula is C59H72N18O4S3. The van der Waals surface area contributed by atoms with E-state index in [1.165, 1.54) is 32.4 Å².